The van der Waals surface area contributed by atoms with Crippen molar-refractivity contribution < 1.29 is 9.53 Å². The average Bonchev–Trinajstić information content (AvgIpc) is 3.45. The molecule has 0 bridgehead atoms. The van der Waals surface area contributed by atoms with E-state index in [0.717, 1.165) is 28.3 Å². The second kappa shape index (κ2) is 9.38. The van der Waals surface area contributed by atoms with Gasteiger partial charge in [0.25, 0.3) is 5.91 Å². The van der Waals surface area contributed by atoms with Crippen LogP contribution in [0.15, 0.2) is 42.9 Å². The third-order valence-corrected chi connectivity index (χ3v) is 5.99. The summed E-state index contributed by atoms with van der Waals surface area (Å²) in [7, 11) is 1.54. The molecule has 12 nitrogen and oxygen atoms in total. The molecule has 0 atom stereocenters. The van der Waals surface area contributed by atoms with E-state index >= 15 is 0 Å². The number of carbonyl (C=O) groups is 1. The van der Waals surface area contributed by atoms with Crippen LogP contribution < -0.4 is 15.5 Å². The van der Waals surface area contributed by atoms with E-state index in [-0.39, 0.29) is 5.91 Å². The first kappa shape index (κ1) is 23.4. The summed E-state index contributed by atoms with van der Waals surface area (Å²) in [5.74, 6) is 2.36. The Morgan fingerprint density at radius 2 is 1.97 bits per heavy atom. The molecule has 1 fully saturated rings. The number of aryl methyl sites for hydroxylation is 3. The fourth-order valence-electron chi connectivity index (χ4n) is 3.99. The SMILES string of the molecule is COC1(C(=O)NCc2ccc(-n3cc(C)cn3)nc2)CN(c2nc(C)cc(Nc3cc(C)[nH]n3)n2)C1. The maximum Gasteiger partial charge on any atom is 0.256 e. The Morgan fingerprint density at radius 1 is 1.14 bits per heavy atom. The molecule has 3 N–H and O–H groups in total. The molecule has 0 saturated carbocycles. The Hall–Kier alpha value is -4.32. The first-order valence-corrected chi connectivity index (χ1v) is 11.5. The van der Waals surface area contributed by atoms with Crippen molar-refractivity contribution in [1.82, 2.24) is 40.2 Å². The van der Waals surface area contributed by atoms with Gasteiger partial charge in [-0.15, -0.1) is 0 Å². The summed E-state index contributed by atoms with van der Waals surface area (Å²) >= 11 is 0. The summed E-state index contributed by atoms with van der Waals surface area (Å²) in [5.41, 5.74) is 2.71. The standard InChI is InChI=1S/C24H28N10O2/c1-15-9-27-34(12-15)21-6-5-18(10-25-21)11-26-22(35)24(36-4)13-33(14-24)23-28-16(2)7-19(30-23)29-20-8-17(3)31-32-20/h5-10,12H,11,13-14H2,1-4H3,(H,26,35)(H2,28,29,30,31,32). The number of aromatic amines is 1. The number of anilines is 3. The van der Waals surface area contributed by atoms with Gasteiger partial charge in [0, 0.05) is 49.6 Å². The molecule has 12 heteroatoms. The number of rotatable bonds is 8. The summed E-state index contributed by atoms with van der Waals surface area (Å²) in [6, 6.07) is 7.52. The first-order chi connectivity index (χ1) is 17.3. The molecule has 0 spiro atoms. The van der Waals surface area contributed by atoms with Crippen LogP contribution in [-0.4, -0.2) is 66.6 Å². The molecular weight excluding hydrogens is 460 g/mol. The largest absolute Gasteiger partial charge is 0.365 e. The predicted octanol–water partition coefficient (Wildman–Crippen LogP) is 1.97. The van der Waals surface area contributed by atoms with Gasteiger partial charge in [-0.25, -0.2) is 14.6 Å². The van der Waals surface area contributed by atoms with Crippen LogP contribution in [-0.2, 0) is 16.1 Å². The summed E-state index contributed by atoms with van der Waals surface area (Å²) in [6.07, 6.45) is 5.42. The number of nitrogens with zero attached hydrogens (tertiary/aromatic N) is 7. The van der Waals surface area contributed by atoms with E-state index in [4.69, 9.17) is 4.74 Å². The lowest BCUT2D eigenvalue weighted by atomic mass is 9.93. The Labute approximate surface area is 208 Å². The van der Waals surface area contributed by atoms with Gasteiger partial charge < -0.3 is 20.3 Å². The lowest BCUT2D eigenvalue weighted by Gasteiger charge is -2.47. The fourth-order valence-corrected chi connectivity index (χ4v) is 3.99. The molecule has 0 aromatic carbocycles. The van der Waals surface area contributed by atoms with E-state index in [1.807, 2.05) is 56.1 Å². The average molecular weight is 489 g/mol. The highest BCUT2D eigenvalue weighted by Gasteiger charge is 2.51. The molecule has 5 rings (SSSR count). The third kappa shape index (κ3) is 4.75. The van der Waals surface area contributed by atoms with Crippen molar-refractivity contribution in [2.24, 2.45) is 0 Å². The van der Waals surface area contributed by atoms with Crippen LogP contribution in [0, 0.1) is 20.8 Å². The van der Waals surface area contributed by atoms with E-state index in [1.54, 1.807) is 24.2 Å². The minimum absolute atomic E-state index is 0.189. The number of ether oxygens (including phenoxy) is 1. The smallest absolute Gasteiger partial charge is 0.256 e. The highest BCUT2D eigenvalue weighted by atomic mass is 16.5. The van der Waals surface area contributed by atoms with Crippen LogP contribution >= 0.6 is 0 Å². The maximum absolute atomic E-state index is 13.0. The normalized spacial score (nSPS) is 14.4. The van der Waals surface area contributed by atoms with Crippen molar-refractivity contribution in [2.45, 2.75) is 32.9 Å². The zero-order valence-electron chi connectivity index (χ0n) is 20.6. The molecule has 1 amide bonds. The highest BCUT2D eigenvalue weighted by Crippen LogP contribution is 2.30. The van der Waals surface area contributed by atoms with E-state index < -0.39 is 5.60 Å². The molecule has 4 aromatic rings. The lowest BCUT2D eigenvalue weighted by molar-refractivity contribution is -0.146. The monoisotopic (exact) mass is 488 g/mol. The minimum atomic E-state index is -0.972. The van der Waals surface area contributed by atoms with Crippen molar-refractivity contribution in [3.8, 4) is 5.82 Å². The number of amides is 1. The quantitative estimate of drug-likeness (QED) is 0.340. The Bertz CT molecular complexity index is 1370. The zero-order chi connectivity index (χ0) is 25.3. The molecule has 0 aliphatic carbocycles. The number of H-pyrrole nitrogens is 1. The van der Waals surface area contributed by atoms with Crippen molar-refractivity contribution in [1.29, 1.82) is 0 Å². The van der Waals surface area contributed by atoms with Gasteiger partial charge >= 0.3 is 0 Å². The Kier molecular flexibility index (Phi) is 6.10. The molecular formula is C24H28N10O2. The van der Waals surface area contributed by atoms with E-state index in [9.17, 15) is 4.79 Å². The van der Waals surface area contributed by atoms with E-state index in [0.29, 0.717) is 37.2 Å². The van der Waals surface area contributed by atoms with Crippen molar-refractivity contribution in [3.05, 3.63) is 65.4 Å². The van der Waals surface area contributed by atoms with E-state index in [1.165, 1.54) is 0 Å². The van der Waals surface area contributed by atoms with Gasteiger partial charge in [-0.1, -0.05) is 6.07 Å². The number of hydrogen-bond acceptors (Lipinski definition) is 9. The molecule has 1 aliphatic rings. The summed E-state index contributed by atoms with van der Waals surface area (Å²) in [4.78, 5) is 28.5. The number of aromatic nitrogens is 7. The summed E-state index contributed by atoms with van der Waals surface area (Å²) < 4.78 is 7.36. The minimum Gasteiger partial charge on any atom is -0.365 e. The van der Waals surface area contributed by atoms with Gasteiger partial charge in [0.2, 0.25) is 5.95 Å². The fraction of sp³-hybridized carbons (Fsp3) is 0.333. The van der Waals surface area contributed by atoms with Crippen LogP contribution in [0.1, 0.15) is 22.5 Å². The van der Waals surface area contributed by atoms with E-state index in [2.05, 4.69) is 40.9 Å². The van der Waals surface area contributed by atoms with Crippen molar-refractivity contribution in [2.75, 3.05) is 30.4 Å². The molecule has 1 aliphatic heterocycles. The summed E-state index contributed by atoms with van der Waals surface area (Å²) in [6.45, 7) is 6.83. The number of nitrogens with one attached hydrogen (secondary N) is 3. The maximum atomic E-state index is 13.0. The molecule has 0 unspecified atom stereocenters. The number of carbonyl (C=O) groups excluding carboxylic acids is 1. The van der Waals surface area contributed by atoms with Crippen LogP contribution in [0.5, 0.6) is 0 Å². The first-order valence-electron chi connectivity index (χ1n) is 11.5. The van der Waals surface area contributed by atoms with Crippen molar-refractivity contribution in [3.63, 3.8) is 0 Å². The topological polar surface area (TPSA) is 139 Å². The molecule has 1 saturated heterocycles. The zero-order valence-corrected chi connectivity index (χ0v) is 20.6. The van der Waals surface area contributed by atoms with Crippen molar-refractivity contribution >= 4 is 23.5 Å². The molecule has 0 radical (unpaired) electrons. The van der Waals surface area contributed by atoms with Gasteiger partial charge in [0.1, 0.15) is 5.82 Å². The molecule has 4 aromatic heterocycles. The lowest BCUT2D eigenvalue weighted by Crippen LogP contribution is -2.70. The molecule has 186 valence electrons. The Morgan fingerprint density at radius 3 is 2.61 bits per heavy atom. The second-order valence-corrected chi connectivity index (χ2v) is 8.98. The van der Waals surface area contributed by atoms with Gasteiger partial charge in [-0.3, -0.25) is 9.89 Å². The van der Waals surface area contributed by atoms with Gasteiger partial charge in [-0.05, 0) is 38.0 Å². The predicted molar refractivity (Wildman–Crippen MR) is 133 cm³/mol. The summed E-state index contributed by atoms with van der Waals surface area (Å²) in [5, 5.41) is 17.5. The number of hydrogen-bond donors (Lipinski definition) is 3. The number of methoxy groups -OCH3 is 1. The van der Waals surface area contributed by atoms with Gasteiger partial charge in [0.15, 0.2) is 17.2 Å². The van der Waals surface area contributed by atoms with Crippen LogP contribution in [0.4, 0.5) is 17.6 Å². The van der Waals surface area contributed by atoms with Gasteiger partial charge in [0.05, 0.1) is 19.3 Å². The highest BCUT2D eigenvalue weighted by molar-refractivity contribution is 5.88. The van der Waals surface area contributed by atoms with Crippen LogP contribution in [0.3, 0.4) is 0 Å². The Balaban J connectivity index is 1.20. The van der Waals surface area contributed by atoms with Crippen LogP contribution in [0.2, 0.25) is 0 Å². The van der Waals surface area contributed by atoms with Gasteiger partial charge in [-0.2, -0.15) is 15.2 Å². The second-order valence-electron chi connectivity index (χ2n) is 8.98. The molecule has 5 heterocycles. The number of pyridine rings is 1. The van der Waals surface area contributed by atoms with Crippen LogP contribution in [0.25, 0.3) is 5.82 Å². The molecule has 36 heavy (non-hydrogen) atoms. The third-order valence-electron chi connectivity index (χ3n) is 5.99.